The fraction of sp³-hybridized carbons (Fsp3) is 0.438. The average Bonchev–Trinajstić information content (AvgIpc) is 2.46. The van der Waals surface area contributed by atoms with Crippen LogP contribution in [-0.2, 0) is 4.79 Å². The van der Waals surface area contributed by atoms with E-state index in [9.17, 15) is 4.79 Å². The monoisotopic (exact) mass is 352 g/mol. The van der Waals surface area contributed by atoms with Gasteiger partial charge in [0.15, 0.2) is 0 Å². The lowest BCUT2D eigenvalue weighted by molar-refractivity contribution is -0.131. The first kappa shape index (κ1) is 16.0. The van der Waals surface area contributed by atoms with Crippen molar-refractivity contribution in [2.75, 3.05) is 31.6 Å². The van der Waals surface area contributed by atoms with E-state index in [2.05, 4.69) is 45.8 Å². The number of aliphatic carboxylic acids is 1. The number of hydrogen-bond donors (Lipinski definition) is 1. The first-order chi connectivity index (χ1) is 10.0. The van der Waals surface area contributed by atoms with Crippen LogP contribution in [0.1, 0.15) is 18.9 Å². The number of likely N-dealkylation sites (N-methyl/N-ethyl adjacent to an activating group) is 1. The Bertz CT molecular complexity index is 545. The first-order valence-corrected chi connectivity index (χ1v) is 7.96. The van der Waals surface area contributed by atoms with Gasteiger partial charge in [-0.15, -0.1) is 0 Å². The van der Waals surface area contributed by atoms with Gasteiger partial charge in [-0.1, -0.05) is 28.9 Å². The molecule has 0 amide bonds. The highest BCUT2D eigenvalue weighted by atomic mass is 79.9. The van der Waals surface area contributed by atoms with E-state index < -0.39 is 5.97 Å². The summed E-state index contributed by atoms with van der Waals surface area (Å²) in [6.45, 7) is 5.15. The Labute approximate surface area is 134 Å². The lowest BCUT2D eigenvalue weighted by Gasteiger charge is -2.41. The van der Waals surface area contributed by atoms with Crippen molar-refractivity contribution in [3.63, 3.8) is 0 Å². The Balaban J connectivity index is 2.29. The molecule has 1 aromatic carbocycles. The SMILES string of the molecule is CCC1CN(c2cc(Br)ccc2C=CC(=O)O)CCN1C. The highest BCUT2D eigenvalue weighted by Gasteiger charge is 2.24. The van der Waals surface area contributed by atoms with Crippen molar-refractivity contribution in [3.05, 3.63) is 34.3 Å². The summed E-state index contributed by atoms with van der Waals surface area (Å²) in [5.74, 6) is -0.923. The molecule has 1 fully saturated rings. The maximum absolute atomic E-state index is 10.8. The minimum Gasteiger partial charge on any atom is -0.478 e. The van der Waals surface area contributed by atoms with Crippen molar-refractivity contribution in [1.29, 1.82) is 0 Å². The number of benzene rings is 1. The Morgan fingerprint density at radius 1 is 1.48 bits per heavy atom. The minimum absolute atomic E-state index is 0.536. The van der Waals surface area contributed by atoms with Gasteiger partial charge in [0.1, 0.15) is 0 Å². The summed E-state index contributed by atoms with van der Waals surface area (Å²) in [6, 6.07) is 6.50. The van der Waals surface area contributed by atoms with E-state index in [4.69, 9.17) is 5.11 Å². The summed E-state index contributed by atoms with van der Waals surface area (Å²) in [5.41, 5.74) is 2.04. The number of rotatable bonds is 4. The number of halogens is 1. The predicted molar refractivity (Wildman–Crippen MR) is 89.7 cm³/mol. The molecule has 1 atom stereocenters. The average molecular weight is 353 g/mol. The summed E-state index contributed by atoms with van der Waals surface area (Å²) < 4.78 is 1.01. The van der Waals surface area contributed by atoms with Gasteiger partial charge in [0.25, 0.3) is 0 Å². The second-order valence-electron chi connectivity index (χ2n) is 5.36. The van der Waals surface area contributed by atoms with Crippen molar-refractivity contribution in [1.82, 2.24) is 4.90 Å². The molecule has 1 heterocycles. The summed E-state index contributed by atoms with van der Waals surface area (Å²) in [6.07, 6.45) is 3.98. The van der Waals surface area contributed by atoms with Crippen molar-refractivity contribution < 1.29 is 9.90 Å². The van der Waals surface area contributed by atoms with E-state index >= 15 is 0 Å². The number of carbonyl (C=O) groups is 1. The molecule has 1 aromatic rings. The molecule has 2 rings (SSSR count). The quantitative estimate of drug-likeness (QED) is 0.845. The zero-order valence-corrected chi connectivity index (χ0v) is 14.0. The van der Waals surface area contributed by atoms with E-state index in [-0.39, 0.29) is 0 Å². The van der Waals surface area contributed by atoms with Crippen LogP contribution in [0.25, 0.3) is 6.08 Å². The van der Waals surface area contributed by atoms with Gasteiger partial charge in [-0.25, -0.2) is 4.79 Å². The molecule has 0 bridgehead atoms. The lowest BCUT2D eigenvalue weighted by atomic mass is 10.1. The molecular formula is C16H21BrN2O2. The second kappa shape index (κ2) is 7.09. The maximum atomic E-state index is 10.8. The molecule has 1 aliphatic heterocycles. The van der Waals surface area contributed by atoms with E-state index in [0.717, 1.165) is 41.8 Å². The zero-order valence-electron chi connectivity index (χ0n) is 12.4. The van der Waals surface area contributed by atoms with Crippen LogP contribution < -0.4 is 4.90 Å². The third-order valence-corrected chi connectivity index (χ3v) is 4.48. The normalized spacial score (nSPS) is 20.1. The van der Waals surface area contributed by atoms with Gasteiger partial charge < -0.3 is 10.0 Å². The van der Waals surface area contributed by atoms with Crippen molar-refractivity contribution in [3.8, 4) is 0 Å². The number of carboxylic acid groups (broad SMARTS) is 1. The fourth-order valence-electron chi connectivity index (χ4n) is 2.70. The molecule has 0 saturated carbocycles. The Morgan fingerprint density at radius 2 is 2.24 bits per heavy atom. The number of nitrogens with zero attached hydrogens (tertiary/aromatic N) is 2. The molecule has 4 nitrogen and oxygen atoms in total. The molecule has 21 heavy (non-hydrogen) atoms. The highest BCUT2D eigenvalue weighted by Crippen LogP contribution is 2.28. The van der Waals surface area contributed by atoms with Gasteiger partial charge in [-0.05, 0) is 37.2 Å². The van der Waals surface area contributed by atoms with E-state index in [0.29, 0.717) is 6.04 Å². The topological polar surface area (TPSA) is 43.8 Å². The van der Waals surface area contributed by atoms with Crippen LogP contribution in [0.15, 0.2) is 28.7 Å². The van der Waals surface area contributed by atoms with Crippen molar-refractivity contribution in [2.24, 2.45) is 0 Å². The molecule has 5 heteroatoms. The second-order valence-corrected chi connectivity index (χ2v) is 6.28. The molecule has 1 saturated heterocycles. The molecule has 1 unspecified atom stereocenters. The predicted octanol–water partition coefficient (Wildman–Crippen LogP) is 3.08. The minimum atomic E-state index is -0.923. The van der Waals surface area contributed by atoms with E-state index in [1.54, 1.807) is 6.08 Å². The largest absolute Gasteiger partial charge is 0.478 e. The van der Waals surface area contributed by atoms with Crippen LogP contribution in [0.2, 0.25) is 0 Å². The van der Waals surface area contributed by atoms with E-state index in [1.807, 2.05) is 12.1 Å². The lowest BCUT2D eigenvalue weighted by Crippen LogP contribution is -2.51. The van der Waals surface area contributed by atoms with Crippen LogP contribution in [-0.4, -0.2) is 48.7 Å². The number of piperazine rings is 1. The molecule has 1 N–H and O–H groups in total. The number of carboxylic acids is 1. The zero-order chi connectivity index (χ0) is 15.4. The van der Waals surface area contributed by atoms with Crippen molar-refractivity contribution in [2.45, 2.75) is 19.4 Å². The Kier molecular flexibility index (Phi) is 5.42. The van der Waals surface area contributed by atoms with Gasteiger partial charge in [0.05, 0.1) is 0 Å². The fourth-order valence-corrected chi connectivity index (χ4v) is 3.05. The maximum Gasteiger partial charge on any atom is 0.328 e. The van der Waals surface area contributed by atoms with Crippen LogP contribution in [0.5, 0.6) is 0 Å². The number of anilines is 1. The Morgan fingerprint density at radius 3 is 2.90 bits per heavy atom. The van der Waals surface area contributed by atoms with Crippen LogP contribution in [0, 0.1) is 0 Å². The summed E-state index contributed by atoms with van der Waals surface area (Å²) in [7, 11) is 2.16. The van der Waals surface area contributed by atoms with Crippen LogP contribution in [0.4, 0.5) is 5.69 Å². The molecule has 0 radical (unpaired) electrons. The highest BCUT2D eigenvalue weighted by molar-refractivity contribution is 9.10. The Hall–Kier alpha value is -1.33. The summed E-state index contributed by atoms with van der Waals surface area (Å²) in [5, 5.41) is 8.83. The first-order valence-electron chi connectivity index (χ1n) is 7.17. The summed E-state index contributed by atoms with van der Waals surface area (Å²) in [4.78, 5) is 15.5. The molecule has 0 aromatic heterocycles. The van der Waals surface area contributed by atoms with E-state index in [1.165, 1.54) is 6.08 Å². The van der Waals surface area contributed by atoms with Gasteiger partial charge in [0.2, 0.25) is 0 Å². The summed E-state index contributed by atoms with van der Waals surface area (Å²) >= 11 is 3.51. The van der Waals surface area contributed by atoms with Crippen molar-refractivity contribution >= 4 is 33.7 Å². The number of hydrogen-bond acceptors (Lipinski definition) is 3. The molecule has 1 aliphatic rings. The van der Waals surface area contributed by atoms with Gasteiger partial charge in [-0.3, -0.25) is 4.90 Å². The van der Waals surface area contributed by atoms with Gasteiger partial charge in [0, 0.05) is 41.9 Å². The molecule has 114 valence electrons. The molecule has 0 aliphatic carbocycles. The van der Waals surface area contributed by atoms with Crippen LogP contribution in [0.3, 0.4) is 0 Å². The van der Waals surface area contributed by atoms with Gasteiger partial charge >= 0.3 is 5.97 Å². The third kappa shape index (κ3) is 4.08. The standard InChI is InChI=1S/C16H21BrN2O2/c1-3-14-11-19(9-8-18(14)2)15-10-13(17)6-4-12(15)5-7-16(20)21/h4-7,10,14H,3,8-9,11H2,1-2H3,(H,20,21). The molecule has 0 spiro atoms. The smallest absolute Gasteiger partial charge is 0.328 e. The van der Waals surface area contributed by atoms with Crippen LogP contribution >= 0.6 is 15.9 Å². The molecular weight excluding hydrogens is 332 g/mol. The van der Waals surface area contributed by atoms with Gasteiger partial charge in [-0.2, -0.15) is 0 Å². The third-order valence-electron chi connectivity index (χ3n) is 3.99.